The van der Waals surface area contributed by atoms with Gasteiger partial charge in [0.2, 0.25) is 0 Å². The van der Waals surface area contributed by atoms with Crippen LogP contribution in [0.15, 0.2) is 23.0 Å². The van der Waals surface area contributed by atoms with E-state index in [9.17, 15) is 9.59 Å². The summed E-state index contributed by atoms with van der Waals surface area (Å²) in [5.74, 6) is 0.751. The predicted octanol–water partition coefficient (Wildman–Crippen LogP) is 1.97. The van der Waals surface area contributed by atoms with Crippen molar-refractivity contribution < 1.29 is 14.0 Å². The maximum atomic E-state index is 12.6. The third kappa shape index (κ3) is 4.41. The Morgan fingerprint density at radius 3 is 2.76 bits per heavy atom. The Morgan fingerprint density at radius 2 is 1.93 bits per heavy atom. The molecule has 8 heteroatoms. The molecule has 1 aliphatic heterocycles. The standard InChI is InChI=1S/C21H27N5O3/c1-15-17-4-2-5-18(17)24-19(23-15)6-8-22-21(28)26-10-3-9-25(11-12-26)20(27)16-7-13-29-14-16/h7,13-14H,2-6,8-12H2,1H3,(H,22,28). The van der Waals surface area contributed by atoms with E-state index in [1.54, 1.807) is 15.9 Å². The molecule has 8 nitrogen and oxygen atoms in total. The van der Waals surface area contributed by atoms with Crippen LogP contribution in [0.4, 0.5) is 4.79 Å². The van der Waals surface area contributed by atoms with Gasteiger partial charge < -0.3 is 19.5 Å². The Morgan fingerprint density at radius 1 is 1.10 bits per heavy atom. The number of amides is 3. The second-order valence-electron chi connectivity index (χ2n) is 7.63. The van der Waals surface area contributed by atoms with Gasteiger partial charge in [-0.2, -0.15) is 0 Å². The second-order valence-corrected chi connectivity index (χ2v) is 7.63. The number of hydrogen-bond acceptors (Lipinski definition) is 5. The van der Waals surface area contributed by atoms with Gasteiger partial charge in [0.1, 0.15) is 12.1 Å². The molecular weight excluding hydrogens is 370 g/mol. The first-order valence-electron chi connectivity index (χ1n) is 10.3. The van der Waals surface area contributed by atoms with Crippen LogP contribution >= 0.6 is 0 Å². The quantitative estimate of drug-likeness (QED) is 0.852. The second kappa shape index (κ2) is 8.63. The molecule has 0 unspecified atom stereocenters. The zero-order valence-electron chi connectivity index (χ0n) is 16.8. The van der Waals surface area contributed by atoms with Gasteiger partial charge in [-0.15, -0.1) is 0 Å². The molecule has 0 atom stereocenters. The average Bonchev–Trinajstić information content (AvgIpc) is 3.35. The summed E-state index contributed by atoms with van der Waals surface area (Å²) in [5, 5.41) is 2.98. The lowest BCUT2D eigenvalue weighted by Crippen LogP contribution is -2.43. The van der Waals surface area contributed by atoms with Crippen LogP contribution in [0.5, 0.6) is 0 Å². The van der Waals surface area contributed by atoms with Crippen molar-refractivity contribution in [2.45, 2.75) is 39.0 Å². The summed E-state index contributed by atoms with van der Waals surface area (Å²) in [6.45, 7) is 4.85. The minimum Gasteiger partial charge on any atom is -0.472 e. The molecule has 0 bridgehead atoms. The molecule has 4 rings (SSSR count). The summed E-state index contributed by atoms with van der Waals surface area (Å²) in [5.41, 5.74) is 4.10. The number of aryl methyl sites for hydroxylation is 2. The van der Waals surface area contributed by atoms with Crippen molar-refractivity contribution in [2.75, 3.05) is 32.7 Å². The predicted molar refractivity (Wildman–Crippen MR) is 107 cm³/mol. The molecule has 0 radical (unpaired) electrons. The molecule has 154 valence electrons. The molecule has 3 heterocycles. The van der Waals surface area contributed by atoms with Gasteiger partial charge in [0, 0.05) is 50.5 Å². The van der Waals surface area contributed by atoms with Gasteiger partial charge in [-0.05, 0) is 44.2 Å². The van der Waals surface area contributed by atoms with Gasteiger partial charge in [-0.1, -0.05) is 0 Å². The van der Waals surface area contributed by atoms with Crippen molar-refractivity contribution in [3.05, 3.63) is 46.9 Å². The van der Waals surface area contributed by atoms with Crippen LogP contribution in [-0.2, 0) is 19.3 Å². The van der Waals surface area contributed by atoms with E-state index in [-0.39, 0.29) is 11.9 Å². The minimum atomic E-state index is -0.0968. The van der Waals surface area contributed by atoms with Crippen molar-refractivity contribution in [2.24, 2.45) is 0 Å². The number of fused-ring (bicyclic) bond motifs is 1. The van der Waals surface area contributed by atoms with E-state index in [2.05, 4.69) is 15.3 Å². The lowest BCUT2D eigenvalue weighted by atomic mass is 10.2. The zero-order valence-corrected chi connectivity index (χ0v) is 16.8. The summed E-state index contributed by atoms with van der Waals surface area (Å²) in [6, 6.07) is 1.57. The number of urea groups is 1. The van der Waals surface area contributed by atoms with Crippen LogP contribution in [0.3, 0.4) is 0 Å². The van der Waals surface area contributed by atoms with E-state index in [0.29, 0.717) is 44.7 Å². The van der Waals surface area contributed by atoms with Gasteiger partial charge >= 0.3 is 6.03 Å². The highest BCUT2D eigenvalue weighted by molar-refractivity contribution is 5.93. The zero-order chi connectivity index (χ0) is 20.2. The van der Waals surface area contributed by atoms with E-state index in [0.717, 1.165) is 37.2 Å². The number of nitrogens with zero attached hydrogens (tertiary/aromatic N) is 4. The Labute approximate surface area is 170 Å². The van der Waals surface area contributed by atoms with E-state index in [1.165, 1.54) is 23.8 Å². The van der Waals surface area contributed by atoms with Crippen molar-refractivity contribution in [1.82, 2.24) is 25.1 Å². The lowest BCUT2D eigenvalue weighted by molar-refractivity contribution is 0.0761. The number of nitrogens with one attached hydrogen (secondary N) is 1. The highest BCUT2D eigenvalue weighted by atomic mass is 16.3. The highest BCUT2D eigenvalue weighted by Crippen LogP contribution is 2.22. The molecule has 2 aromatic heterocycles. The minimum absolute atomic E-state index is 0.0508. The third-order valence-electron chi connectivity index (χ3n) is 5.65. The van der Waals surface area contributed by atoms with Crippen molar-refractivity contribution in [3.8, 4) is 0 Å². The summed E-state index contributed by atoms with van der Waals surface area (Å²) >= 11 is 0. The Balaban J connectivity index is 1.26. The summed E-state index contributed by atoms with van der Waals surface area (Å²) in [7, 11) is 0. The van der Waals surface area contributed by atoms with E-state index in [4.69, 9.17) is 4.42 Å². The Kier molecular flexibility index (Phi) is 5.78. The van der Waals surface area contributed by atoms with Gasteiger partial charge in [0.15, 0.2) is 0 Å². The van der Waals surface area contributed by atoms with Crippen molar-refractivity contribution >= 4 is 11.9 Å². The lowest BCUT2D eigenvalue weighted by Gasteiger charge is -2.22. The third-order valence-corrected chi connectivity index (χ3v) is 5.65. The number of hydrogen-bond donors (Lipinski definition) is 1. The molecule has 1 saturated heterocycles. The number of carbonyl (C=O) groups is 2. The molecule has 2 aliphatic rings. The number of carbonyl (C=O) groups excluding carboxylic acids is 2. The number of aromatic nitrogens is 2. The number of furan rings is 1. The van der Waals surface area contributed by atoms with Crippen LogP contribution in [-0.4, -0.2) is 64.4 Å². The van der Waals surface area contributed by atoms with E-state index in [1.807, 2.05) is 6.92 Å². The normalized spacial score (nSPS) is 16.4. The molecule has 2 aromatic rings. The fourth-order valence-electron chi connectivity index (χ4n) is 4.08. The van der Waals surface area contributed by atoms with Crippen molar-refractivity contribution in [1.29, 1.82) is 0 Å². The van der Waals surface area contributed by atoms with Gasteiger partial charge in [0.05, 0.1) is 11.8 Å². The molecule has 0 saturated carbocycles. The van der Waals surface area contributed by atoms with Crippen molar-refractivity contribution in [3.63, 3.8) is 0 Å². The first-order valence-corrected chi connectivity index (χ1v) is 10.3. The highest BCUT2D eigenvalue weighted by Gasteiger charge is 2.23. The molecule has 0 spiro atoms. The summed E-state index contributed by atoms with van der Waals surface area (Å²) in [6.07, 6.45) is 7.59. The maximum Gasteiger partial charge on any atom is 0.317 e. The Bertz CT molecular complexity index is 881. The van der Waals surface area contributed by atoms with Crippen LogP contribution in [0.2, 0.25) is 0 Å². The first kappa shape index (κ1) is 19.4. The smallest absolute Gasteiger partial charge is 0.317 e. The summed E-state index contributed by atoms with van der Waals surface area (Å²) < 4.78 is 5.00. The topological polar surface area (TPSA) is 91.6 Å². The SMILES string of the molecule is Cc1nc(CCNC(=O)N2CCCN(C(=O)c3ccoc3)CC2)nc2c1CCC2. The fourth-order valence-corrected chi connectivity index (χ4v) is 4.08. The Hall–Kier alpha value is -2.90. The fraction of sp³-hybridized carbons (Fsp3) is 0.524. The van der Waals surface area contributed by atoms with E-state index >= 15 is 0 Å². The molecule has 1 fully saturated rings. The van der Waals surface area contributed by atoms with Crippen LogP contribution in [0.25, 0.3) is 0 Å². The average molecular weight is 397 g/mol. The number of rotatable bonds is 4. The summed E-state index contributed by atoms with van der Waals surface area (Å²) in [4.78, 5) is 37.8. The molecule has 29 heavy (non-hydrogen) atoms. The van der Waals surface area contributed by atoms with Gasteiger partial charge in [-0.25, -0.2) is 14.8 Å². The molecule has 1 N–H and O–H groups in total. The largest absolute Gasteiger partial charge is 0.472 e. The molecule has 3 amide bonds. The monoisotopic (exact) mass is 397 g/mol. The molecule has 1 aliphatic carbocycles. The molecular formula is C21H27N5O3. The van der Waals surface area contributed by atoms with Gasteiger partial charge in [-0.3, -0.25) is 4.79 Å². The van der Waals surface area contributed by atoms with Crippen LogP contribution < -0.4 is 5.32 Å². The first-order chi connectivity index (χ1) is 14.1. The molecule has 0 aromatic carbocycles. The maximum absolute atomic E-state index is 12.6. The van der Waals surface area contributed by atoms with Crippen LogP contribution in [0.1, 0.15) is 46.0 Å². The van der Waals surface area contributed by atoms with E-state index < -0.39 is 0 Å². The van der Waals surface area contributed by atoms with Gasteiger partial charge in [0.25, 0.3) is 5.91 Å². The van der Waals surface area contributed by atoms with Crippen LogP contribution in [0, 0.1) is 6.92 Å².